The Hall–Kier alpha value is -1.55. The Labute approximate surface area is 96.1 Å². The average Bonchev–Trinajstić information content (AvgIpc) is 2.29. The quantitative estimate of drug-likeness (QED) is 0.447. The van der Waals surface area contributed by atoms with E-state index in [1.807, 2.05) is 24.3 Å². The number of hydrogen-bond acceptors (Lipinski definition) is 3. The van der Waals surface area contributed by atoms with E-state index in [1.54, 1.807) is 14.2 Å². The lowest BCUT2D eigenvalue weighted by Gasteiger charge is -2.04. The summed E-state index contributed by atoms with van der Waals surface area (Å²) in [7, 11) is 3.29. The second kappa shape index (κ2) is 6.85. The van der Waals surface area contributed by atoms with Gasteiger partial charge in [-0.3, -0.25) is 4.99 Å². The molecule has 0 bridgehead atoms. The number of amidine groups is 1. The number of nitrogens with two attached hydrogens (primary N) is 1. The average molecular weight is 222 g/mol. The minimum Gasteiger partial charge on any atom is -0.497 e. The Bertz CT molecular complexity index is 351. The molecular weight excluding hydrogens is 204 g/mol. The van der Waals surface area contributed by atoms with Crippen LogP contribution in [0.4, 0.5) is 0 Å². The molecule has 16 heavy (non-hydrogen) atoms. The molecule has 0 saturated carbocycles. The maximum Gasteiger partial charge on any atom is 0.119 e. The molecule has 0 aliphatic carbocycles. The van der Waals surface area contributed by atoms with Crippen molar-refractivity contribution in [3.63, 3.8) is 0 Å². The minimum atomic E-state index is 0.596. The van der Waals surface area contributed by atoms with Crippen LogP contribution in [0.1, 0.15) is 5.56 Å². The fourth-order valence-electron chi connectivity index (χ4n) is 1.33. The monoisotopic (exact) mass is 222 g/mol. The highest BCUT2D eigenvalue weighted by Crippen LogP contribution is 2.12. The van der Waals surface area contributed by atoms with Gasteiger partial charge in [-0.25, -0.2) is 0 Å². The molecular formula is C12H18N2O2. The SMILES string of the molecule is COCCN=C(N)Cc1cccc(OC)c1. The maximum atomic E-state index is 5.79. The number of ether oxygens (including phenoxy) is 2. The summed E-state index contributed by atoms with van der Waals surface area (Å²) >= 11 is 0. The second-order valence-corrected chi connectivity index (χ2v) is 3.39. The summed E-state index contributed by atoms with van der Waals surface area (Å²) in [6.45, 7) is 1.20. The summed E-state index contributed by atoms with van der Waals surface area (Å²) in [5, 5.41) is 0. The van der Waals surface area contributed by atoms with Gasteiger partial charge in [0.15, 0.2) is 0 Å². The topological polar surface area (TPSA) is 56.8 Å². The van der Waals surface area contributed by atoms with E-state index in [2.05, 4.69) is 4.99 Å². The van der Waals surface area contributed by atoms with Crippen molar-refractivity contribution in [3.8, 4) is 5.75 Å². The van der Waals surface area contributed by atoms with Gasteiger partial charge in [0.2, 0.25) is 0 Å². The van der Waals surface area contributed by atoms with Gasteiger partial charge in [0.25, 0.3) is 0 Å². The molecule has 1 aromatic rings. The first-order valence-electron chi connectivity index (χ1n) is 5.17. The number of rotatable bonds is 6. The van der Waals surface area contributed by atoms with Crippen LogP contribution in [0.15, 0.2) is 29.3 Å². The highest BCUT2D eigenvalue weighted by Gasteiger charge is 1.98. The molecule has 1 aromatic carbocycles. The Morgan fingerprint density at radius 1 is 1.38 bits per heavy atom. The van der Waals surface area contributed by atoms with E-state index in [0.717, 1.165) is 11.3 Å². The van der Waals surface area contributed by atoms with Crippen molar-refractivity contribution in [2.45, 2.75) is 6.42 Å². The molecule has 88 valence electrons. The van der Waals surface area contributed by atoms with Gasteiger partial charge >= 0.3 is 0 Å². The molecule has 0 unspecified atom stereocenters. The maximum absolute atomic E-state index is 5.79. The van der Waals surface area contributed by atoms with Gasteiger partial charge in [0.05, 0.1) is 26.1 Å². The normalized spacial score (nSPS) is 11.5. The van der Waals surface area contributed by atoms with Crippen LogP contribution in [0.2, 0.25) is 0 Å². The first-order chi connectivity index (χ1) is 7.76. The molecule has 0 amide bonds. The molecule has 0 heterocycles. The Kier molecular flexibility index (Phi) is 5.36. The fourth-order valence-corrected chi connectivity index (χ4v) is 1.33. The Morgan fingerprint density at radius 2 is 2.19 bits per heavy atom. The lowest BCUT2D eigenvalue weighted by Crippen LogP contribution is -2.16. The first kappa shape index (κ1) is 12.5. The van der Waals surface area contributed by atoms with E-state index in [0.29, 0.717) is 25.4 Å². The molecule has 0 radical (unpaired) electrons. The van der Waals surface area contributed by atoms with Crippen LogP contribution >= 0.6 is 0 Å². The number of hydrogen-bond donors (Lipinski definition) is 1. The zero-order valence-electron chi connectivity index (χ0n) is 9.77. The van der Waals surface area contributed by atoms with Crippen molar-refractivity contribution < 1.29 is 9.47 Å². The molecule has 2 N–H and O–H groups in total. The van der Waals surface area contributed by atoms with Crippen LogP contribution in [0, 0.1) is 0 Å². The van der Waals surface area contributed by atoms with Gasteiger partial charge in [-0.15, -0.1) is 0 Å². The Morgan fingerprint density at radius 3 is 2.88 bits per heavy atom. The van der Waals surface area contributed by atoms with E-state index in [9.17, 15) is 0 Å². The molecule has 0 aliphatic heterocycles. The summed E-state index contributed by atoms with van der Waals surface area (Å²) < 4.78 is 10.0. The number of benzene rings is 1. The van der Waals surface area contributed by atoms with E-state index in [1.165, 1.54) is 0 Å². The summed E-state index contributed by atoms with van der Waals surface area (Å²) in [5.41, 5.74) is 6.89. The standard InChI is InChI=1S/C12H18N2O2/c1-15-7-6-14-12(13)9-10-4-3-5-11(8-10)16-2/h3-5,8H,6-7,9H2,1-2H3,(H2,13,14). The highest BCUT2D eigenvalue weighted by atomic mass is 16.5. The molecule has 1 rings (SSSR count). The largest absolute Gasteiger partial charge is 0.497 e. The number of aliphatic imine (C=N–C) groups is 1. The van der Waals surface area contributed by atoms with E-state index in [-0.39, 0.29) is 0 Å². The zero-order valence-corrected chi connectivity index (χ0v) is 9.77. The lowest BCUT2D eigenvalue weighted by atomic mass is 10.1. The zero-order chi connectivity index (χ0) is 11.8. The van der Waals surface area contributed by atoms with Gasteiger partial charge in [0, 0.05) is 13.5 Å². The van der Waals surface area contributed by atoms with Crippen molar-refractivity contribution in [3.05, 3.63) is 29.8 Å². The van der Waals surface area contributed by atoms with Crippen LogP contribution in [0.25, 0.3) is 0 Å². The van der Waals surface area contributed by atoms with Crippen LogP contribution < -0.4 is 10.5 Å². The van der Waals surface area contributed by atoms with Crippen molar-refractivity contribution in [1.29, 1.82) is 0 Å². The molecule has 4 heteroatoms. The molecule has 0 spiro atoms. The van der Waals surface area contributed by atoms with Crippen molar-refractivity contribution in [1.82, 2.24) is 0 Å². The molecule has 0 atom stereocenters. The van der Waals surface area contributed by atoms with E-state index in [4.69, 9.17) is 15.2 Å². The molecule has 0 saturated heterocycles. The van der Waals surface area contributed by atoms with Crippen molar-refractivity contribution >= 4 is 5.84 Å². The Balaban J connectivity index is 2.54. The predicted molar refractivity (Wildman–Crippen MR) is 65.1 cm³/mol. The number of methoxy groups -OCH3 is 2. The molecule has 0 aliphatic rings. The summed E-state index contributed by atoms with van der Waals surface area (Å²) in [5.74, 6) is 1.45. The van der Waals surface area contributed by atoms with E-state index < -0.39 is 0 Å². The third-order valence-electron chi connectivity index (χ3n) is 2.13. The third-order valence-corrected chi connectivity index (χ3v) is 2.13. The van der Waals surface area contributed by atoms with Crippen molar-refractivity contribution in [2.75, 3.05) is 27.4 Å². The van der Waals surface area contributed by atoms with Crippen LogP contribution in [0.5, 0.6) is 5.75 Å². The fraction of sp³-hybridized carbons (Fsp3) is 0.417. The highest BCUT2D eigenvalue weighted by molar-refractivity contribution is 5.82. The molecule has 0 fully saturated rings. The molecule has 0 aromatic heterocycles. The summed E-state index contributed by atoms with van der Waals surface area (Å²) in [6.07, 6.45) is 0.640. The summed E-state index contributed by atoms with van der Waals surface area (Å²) in [6, 6.07) is 7.80. The van der Waals surface area contributed by atoms with Gasteiger partial charge in [0.1, 0.15) is 5.75 Å². The minimum absolute atomic E-state index is 0.596. The van der Waals surface area contributed by atoms with Gasteiger partial charge < -0.3 is 15.2 Å². The lowest BCUT2D eigenvalue weighted by molar-refractivity contribution is 0.208. The molecule has 4 nitrogen and oxygen atoms in total. The van der Waals surface area contributed by atoms with Gasteiger partial charge in [-0.05, 0) is 17.7 Å². The van der Waals surface area contributed by atoms with Gasteiger partial charge in [-0.2, -0.15) is 0 Å². The first-order valence-corrected chi connectivity index (χ1v) is 5.17. The van der Waals surface area contributed by atoms with Crippen LogP contribution in [0.3, 0.4) is 0 Å². The number of nitrogens with zero attached hydrogens (tertiary/aromatic N) is 1. The third kappa shape index (κ3) is 4.31. The second-order valence-electron chi connectivity index (χ2n) is 3.39. The van der Waals surface area contributed by atoms with E-state index >= 15 is 0 Å². The van der Waals surface area contributed by atoms with Crippen LogP contribution in [-0.2, 0) is 11.2 Å². The predicted octanol–water partition coefficient (Wildman–Crippen LogP) is 1.24. The van der Waals surface area contributed by atoms with Crippen LogP contribution in [-0.4, -0.2) is 33.2 Å². The van der Waals surface area contributed by atoms with Gasteiger partial charge in [-0.1, -0.05) is 12.1 Å². The van der Waals surface area contributed by atoms with Crippen molar-refractivity contribution in [2.24, 2.45) is 10.7 Å². The summed E-state index contributed by atoms with van der Waals surface area (Å²) in [4.78, 5) is 4.19. The smallest absolute Gasteiger partial charge is 0.119 e.